The fourth-order valence-corrected chi connectivity index (χ4v) is 4.27. The second-order valence-electron chi connectivity index (χ2n) is 6.75. The smallest absolute Gasteiger partial charge is 0.323 e. The van der Waals surface area contributed by atoms with E-state index < -0.39 is 0 Å². The molecule has 0 unspecified atom stereocenters. The summed E-state index contributed by atoms with van der Waals surface area (Å²) in [5.74, 6) is 0.531. The number of nitrogens with one attached hydrogen (secondary N) is 2. The van der Waals surface area contributed by atoms with Gasteiger partial charge in [0.05, 0.1) is 0 Å². The number of rotatable bonds is 3. The van der Waals surface area contributed by atoms with Crippen molar-refractivity contribution in [3.8, 4) is 11.1 Å². The predicted molar refractivity (Wildman–Crippen MR) is 118 cm³/mol. The van der Waals surface area contributed by atoms with Crippen LogP contribution in [0.5, 0.6) is 0 Å². The first-order chi connectivity index (χ1) is 13.5. The molecule has 0 radical (unpaired) electrons. The Kier molecular flexibility index (Phi) is 4.71. The van der Waals surface area contributed by atoms with Gasteiger partial charge in [0.1, 0.15) is 5.82 Å². The molecule has 2 amide bonds. The summed E-state index contributed by atoms with van der Waals surface area (Å²) in [5.41, 5.74) is 11.9. The van der Waals surface area contributed by atoms with Crippen molar-refractivity contribution in [1.29, 1.82) is 0 Å². The lowest BCUT2D eigenvalue weighted by Crippen LogP contribution is -2.19. The van der Waals surface area contributed by atoms with Crippen LogP contribution in [0.2, 0.25) is 0 Å². The number of thiophene rings is 1. The maximum atomic E-state index is 12.3. The van der Waals surface area contributed by atoms with Gasteiger partial charge in [-0.3, -0.25) is 0 Å². The number of aromatic nitrogens is 1. The maximum absolute atomic E-state index is 12.3. The Morgan fingerprint density at radius 2 is 1.64 bits per heavy atom. The molecule has 4 rings (SSSR count). The van der Waals surface area contributed by atoms with E-state index in [0.717, 1.165) is 43.7 Å². The molecule has 0 spiro atoms. The molecule has 4 aromatic rings. The number of benzene rings is 2. The van der Waals surface area contributed by atoms with Gasteiger partial charge in [-0.05, 0) is 66.2 Å². The number of nitrogens with two attached hydrogens (primary N) is 1. The third-order valence-corrected chi connectivity index (χ3v) is 5.40. The number of anilines is 3. The van der Waals surface area contributed by atoms with Crippen LogP contribution in [0.3, 0.4) is 0 Å². The average molecular weight is 388 g/mol. The van der Waals surface area contributed by atoms with Crippen LogP contribution in [0, 0.1) is 13.8 Å². The number of nitrogen functional groups attached to an aromatic ring is 1. The lowest BCUT2D eigenvalue weighted by atomic mass is 10.0. The number of carbonyl (C=O) groups excluding carboxylic acids is 1. The van der Waals surface area contributed by atoms with Crippen LogP contribution in [-0.2, 0) is 0 Å². The standard InChI is InChI=1S/C22H20N4OS/c1-13-9-14(2)11-17(10-13)26-22(27)25-16-5-3-15(4-6-16)18-12-28-19-7-8-24-21(23)20(18)19/h3-12H,1-2H3,(H2,23,24)(H2,25,26,27). The van der Waals surface area contributed by atoms with Gasteiger partial charge in [-0.2, -0.15) is 0 Å². The largest absolute Gasteiger partial charge is 0.383 e. The highest BCUT2D eigenvalue weighted by atomic mass is 32.1. The fourth-order valence-electron chi connectivity index (χ4n) is 3.30. The van der Waals surface area contributed by atoms with Crippen LogP contribution in [0.25, 0.3) is 21.2 Å². The van der Waals surface area contributed by atoms with Gasteiger partial charge in [-0.15, -0.1) is 11.3 Å². The van der Waals surface area contributed by atoms with Gasteiger partial charge in [-0.25, -0.2) is 9.78 Å². The second-order valence-corrected chi connectivity index (χ2v) is 7.66. The van der Waals surface area contributed by atoms with E-state index in [0.29, 0.717) is 5.82 Å². The van der Waals surface area contributed by atoms with E-state index in [1.165, 1.54) is 0 Å². The molecule has 4 N–H and O–H groups in total. The van der Waals surface area contributed by atoms with Gasteiger partial charge in [0, 0.05) is 33.2 Å². The summed E-state index contributed by atoms with van der Waals surface area (Å²) >= 11 is 1.64. The summed E-state index contributed by atoms with van der Waals surface area (Å²) in [6.07, 6.45) is 1.72. The van der Waals surface area contributed by atoms with E-state index in [2.05, 4.69) is 27.1 Å². The molecule has 2 aromatic heterocycles. The van der Waals surface area contributed by atoms with Crippen molar-refractivity contribution in [2.45, 2.75) is 13.8 Å². The SMILES string of the molecule is Cc1cc(C)cc(NC(=O)Nc2ccc(-c3csc4ccnc(N)c34)cc2)c1. The maximum Gasteiger partial charge on any atom is 0.323 e. The Labute approximate surface area is 167 Å². The van der Waals surface area contributed by atoms with Gasteiger partial charge in [0.2, 0.25) is 0 Å². The molecule has 6 heteroatoms. The third kappa shape index (κ3) is 3.68. The Morgan fingerprint density at radius 1 is 0.964 bits per heavy atom. The minimum Gasteiger partial charge on any atom is -0.383 e. The number of hydrogen-bond acceptors (Lipinski definition) is 4. The number of fused-ring (bicyclic) bond motifs is 1. The van der Waals surface area contributed by atoms with Crippen molar-refractivity contribution in [3.05, 3.63) is 71.2 Å². The number of amides is 2. The van der Waals surface area contributed by atoms with Crippen LogP contribution in [0.4, 0.5) is 22.0 Å². The first-order valence-electron chi connectivity index (χ1n) is 8.88. The zero-order valence-corrected chi connectivity index (χ0v) is 16.4. The van der Waals surface area contributed by atoms with Crippen molar-refractivity contribution >= 4 is 44.6 Å². The van der Waals surface area contributed by atoms with Crippen molar-refractivity contribution in [2.24, 2.45) is 0 Å². The molecule has 140 valence electrons. The zero-order chi connectivity index (χ0) is 19.7. The Hall–Kier alpha value is -3.38. The lowest BCUT2D eigenvalue weighted by Gasteiger charge is -2.10. The molecule has 0 bridgehead atoms. The Balaban J connectivity index is 1.51. The van der Waals surface area contributed by atoms with Gasteiger partial charge in [0.15, 0.2) is 0 Å². The van der Waals surface area contributed by atoms with E-state index >= 15 is 0 Å². The summed E-state index contributed by atoms with van der Waals surface area (Å²) in [6, 6.07) is 15.4. The van der Waals surface area contributed by atoms with Crippen LogP contribution in [0.1, 0.15) is 11.1 Å². The molecule has 0 atom stereocenters. The molecule has 28 heavy (non-hydrogen) atoms. The van der Waals surface area contributed by atoms with Gasteiger partial charge >= 0.3 is 6.03 Å². The summed E-state index contributed by atoms with van der Waals surface area (Å²) in [4.78, 5) is 16.5. The molecular formula is C22H20N4OS. The van der Waals surface area contributed by atoms with Gasteiger partial charge in [-0.1, -0.05) is 18.2 Å². The topological polar surface area (TPSA) is 80.0 Å². The van der Waals surface area contributed by atoms with Crippen molar-refractivity contribution in [3.63, 3.8) is 0 Å². The van der Waals surface area contributed by atoms with Crippen LogP contribution in [-0.4, -0.2) is 11.0 Å². The number of aryl methyl sites for hydroxylation is 2. The average Bonchev–Trinajstić information content (AvgIpc) is 3.07. The molecule has 0 aliphatic heterocycles. The quantitative estimate of drug-likeness (QED) is 0.414. The number of carbonyl (C=O) groups is 1. The molecule has 2 heterocycles. The molecular weight excluding hydrogens is 368 g/mol. The second kappa shape index (κ2) is 7.32. The van der Waals surface area contributed by atoms with Crippen LogP contribution < -0.4 is 16.4 Å². The number of urea groups is 1. The molecule has 5 nitrogen and oxygen atoms in total. The Morgan fingerprint density at radius 3 is 2.36 bits per heavy atom. The zero-order valence-electron chi connectivity index (χ0n) is 15.6. The van der Waals surface area contributed by atoms with Gasteiger partial charge in [0.25, 0.3) is 0 Å². The van der Waals surface area contributed by atoms with Crippen molar-refractivity contribution in [2.75, 3.05) is 16.4 Å². The lowest BCUT2D eigenvalue weighted by molar-refractivity contribution is 0.262. The summed E-state index contributed by atoms with van der Waals surface area (Å²) in [5, 5.41) is 8.79. The van der Waals surface area contributed by atoms with E-state index in [-0.39, 0.29) is 6.03 Å². The van der Waals surface area contributed by atoms with Crippen LogP contribution in [0.15, 0.2) is 60.1 Å². The highest BCUT2D eigenvalue weighted by Gasteiger charge is 2.10. The predicted octanol–water partition coefficient (Wildman–Crippen LogP) is 5.81. The number of hydrogen-bond donors (Lipinski definition) is 3. The van der Waals surface area contributed by atoms with Crippen LogP contribution >= 0.6 is 11.3 Å². The van der Waals surface area contributed by atoms with Crippen molar-refractivity contribution in [1.82, 2.24) is 4.98 Å². The molecule has 0 saturated carbocycles. The normalized spacial score (nSPS) is 10.8. The minimum atomic E-state index is -0.271. The number of pyridine rings is 1. The Bertz CT molecular complexity index is 1140. The number of nitrogens with zero attached hydrogens (tertiary/aromatic N) is 1. The van der Waals surface area contributed by atoms with Crippen molar-refractivity contribution < 1.29 is 4.79 Å². The monoisotopic (exact) mass is 388 g/mol. The highest BCUT2D eigenvalue weighted by Crippen LogP contribution is 2.36. The summed E-state index contributed by atoms with van der Waals surface area (Å²) < 4.78 is 1.11. The molecule has 2 aromatic carbocycles. The molecule has 0 fully saturated rings. The minimum absolute atomic E-state index is 0.271. The van der Waals surface area contributed by atoms with E-state index in [9.17, 15) is 4.79 Å². The first-order valence-corrected chi connectivity index (χ1v) is 9.76. The molecule has 0 saturated heterocycles. The molecule has 0 aliphatic carbocycles. The third-order valence-electron chi connectivity index (χ3n) is 4.45. The van der Waals surface area contributed by atoms with E-state index in [1.54, 1.807) is 17.5 Å². The highest BCUT2D eigenvalue weighted by molar-refractivity contribution is 7.17. The van der Waals surface area contributed by atoms with Gasteiger partial charge < -0.3 is 16.4 Å². The summed E-state index contributed by atoms with van der Waals surface area (Å²) in [7, 11) is 0. The first kappa shape index (κ1) is 18.0. The fraction of sp³-hybridized carbons (Fsp3) is 0.0909. The van der Waals surface area contributed by atoms with E-state index in [4.69, 9.17) is 5.73 Å². The van der Waals surface area contributed by atoms with E-state index in [1.807, 2.05) is 56.3 Å². The molecule has 0 aliphatic rings. The summed E-state index contributed by atoms with van der Waals surface area (Å²) in [6.45, 7) is 4.01.